The minimum atomic E-state index is 0.0751. The number of carbonyl (C=O) groups is 1. The summed E-state index contributed by atoms with van der Waals surface area (Å²) >= 11 is 0. The molecule has 3 nitrogen and oxygen atoms in total. The molecule has 5 aromatic carbocycles. The minimum Gasteiger partial charge on any atom is -0.305 e. The first-order valence-electron chi connectivity index (χ1n) is 17.1. The van der Waals surface area contributed by atoms with E-state index in [1.165, 1.54) is 55.6 Å². The molecule has 47 heavy (non-hydrogen) atoms. The second-order valence-corrected chi connectivity index (χ2v) is 13.8. The predicted molar refractivity (Wildman–Crippen MR) is 198 cm³/mol. The van der Waals surface area contributed by atoms with Crippen LogP contribution in [0.5, 0.6) is 0 Å². The summed E-state index contributed by atoms with van der Waals surface area (Å²) in [5.74, 6) is 0.0751. The molecule has 1 heterocycles. The van der Waals surface area contributed by atoms with Gasteiger partial charge in [0.15, 0.2) is 0 Å². The maximum atomic E-state index is 14.4. The van der Waals surface area contributed by atoms with Crippen LogP contribution in [0.2, 0.25) is 0 Å². The van der Waals surface area contributed by atoms with Gasteiger partial charge in [-0.15, -0.1) is 0 Å². The summed E-state index contributed by atoms with van der Waals surface area (Å²) < 4.78 is 0. The van der Waals surface area contributed by atoms with Crippen LogP contribution in [0.1, 0.15) is 67.7 Å². The third-order valence-corrected chi connectivity index (χ3v) is 10.4. The van der Waals surface area contributed by atoms with Crippen LogP contribution >= 0.6 is 0 Å². The van der Waals surface area contributed by atoms with E-state index >= 15 is 0 Å². The molecule has 1 saturated heterocycles. The summed E-state index contributed by atoms with van der Waals surface area (Å²) in [6, 6.07) is 34.9. The highest BCUT2D eigenvalue weighted by Crippen LogP contribution is 2.31. The van der Waals surface area contributed by atoms with Crippen molar-refractivity contribution >= 4 is 11.6 Å². The molecule has 0 aromatic heterocycles. The Balaban J connectivity index is 1.21. The van der Waals surface area contributed by atoms with E-state index in [1.54, 1.807) is 0 Å². The van der Waals surface area contributed by atoms with Crippen LogP contribution < -0.4 is 4.90 Å². The first kappa shape index (κ1) is 32.5. The number of piperidine rings is 1. The van der Waals surface area contributed by atoms with Crippen molar-refractivity contribution in [3.63, 3.8) is 0 Å². The van der Waals surface area contributed by atoms with Gasteiger partial charge in [-0.3, -0.25) is 9.69 Å². The SMILES string of the molecule is Cc1ccc(N(C(=O)c2cccc(-c3cc(C)c(C)c(C)c3)c2)C2CCN(Cc3cccc(-c4cc(C)c(C)c(C)c4)c3)CC2)cc1. The Morgan fingerprint density at radius 3 is 1.68 bits per heavy atom. The second-order valence-electron chi connectivity index (χ2n) is 13.8. The lowest BCUT2D eigenvalue weighted by molar-refractivity contribution is 0.0958. The molecule has 0 radical (unpaired) electrons. The molecule has 0 N–H and O–H groups in total. The van der Waals surface area contributed by atoms with Crippen LogP contribution in [0.3, 0.4) is 0 Å². The van der Waals surface area contributed by atoms with Crippen LogP contribution in [0.25, 0.3) is 22.3 Å². The van der Waals surface area contributed by atoms with E-state index in [4.69, 9.17) is 0 Å². The van der Waals surface area contributed by atoms with Crippen molar-refractivity contribution in [3.8, 4) is 22.3 Å². The summed E-state index contributed by atoms with van der Waals surface area (Å²) in [6.45, 7) is 18.0. The van der Waals surface area contributed by atoms with Crippen molar-refractivity contribution < 1.29 is 4.79 Å². The van der Waals surface area contributed by atoms with Crippen molar-refractivity contribution in [2.45, 2.75) is 73.9 Å². The molecule has 0 spiro atoms. The molecule has 0 bridgehead atoms. The van der Waals surface area contributed by atoms with Crippen molar-refractivity contribution in [1.29, 1.82) is 0 Å². The zero-order chi connectivity index (χ0) is 33.2. The van der Waals surface area contributed by atoms with Gasteiger partial charge in [0.1, 0.15) is 0 Å². The lowest BCUT2D eigenvalue weighted by Gasteiger charge is -2.39. The number of aryl methyl sites for hydroxylation is 5. The lowest BCUT2D eigenvalue weighted by atomic mass is 9.94. The highest BCUT2D eigenvalue weighted by atomic mass is 16.2. The fraction of sp³-hybridized carbons (Fsp3) is 0.295. The number of benzene rings is 5. The molecule has 5 aromatic rings. The maximum absolute atomic E-state index is 14.4. The van der Waals surface area contributed by atoms with Crippen molar-refractivity contribution in [2.75, 3.05) is 18.0 Å². The van der Waals surface area contributed by atoms with E-state index in [0.29, 0.717) is 0 Å². The number of nitrogens with zero attached hydrogens (tertiary/aromatic N) is 2. The third-order valence-electron chi connectivity index (χ3n) is 10.4. The van der Waals surface area contributed by atoms with Gasteiger partial charge in [0.2, 0.25) is 0 Å². The molecule has 0 aliphatic carbocycles. The van der Waals surface area contributed by atoms with Crippen LogP contribution in [0, 0.1) is 48.5 Å². The Kier molecular flexibility index (Phi) is 9.47. The molecule has 0 saturated carbocycles. The smallest absolute Gasteiger partial charge is 0.258 e. The lowest BCUT2D eigenvalue weighted by Crippen LogP contribution is -2.47. The zero-order valence-corrected chi connectivity index (χ0v) is 29.2. The highest BCUT2D eigenvalue weighted by molar-refractivity contribution is 6.07. The van der Waals surface area contributed by atoms with E-state index in [9.17, 15) is 4.79 Å². The highest BCUT2D eigenvalue weighted by Gasteiger charge is 2.30. The number of anilines is 1. The molecule has 0 unspecified atom stereocenters. The Bertz CT molecular complexity index is 1860. The van der Waals surface area contributed by atoms with Crippen molar-refractivity contribution in [1.82, 2.24) is 4.90 Å². The van der Waals surface area contributed by atoms with Gasteiger partial charge in [-0.25, -0.2) is 0 Å². The van der Waals surface area contributed by atoms with Crippen LogP contribution in [-0.2, 0) is 6.54 Å². The van der Waals surface area contributed by atoms with Gasteiger partial charge in [-0.05, 0) is 153 Å². The first-order valence-corrected chi connectivity index (χ1v) is 17.1. The molecular formula is C44H48N2O. The molecule has 6 rings (SSSR count). The summed E-state index contributed by atoms with van der Waals surface area (Å²) in [4.78, 5) is 19.0. The second kappa shape index (κ2) is 13.7. The number of hydrogen-bond acceptors (Lipinski definition) is 2. The Morgan fingerprint density at radius 1 is 0.617 bits per heavy atom. The minimum absolute atomic E-state index is 0.0751. The number of amides is 1. The third kappa shape index (κ3) is 7.11. The summed E-state index contributed by atoms with van der Waals surface area (Å²) in [5, 5.41) is 0. The quantitative estimate of drug-likeness (QED) is 0.181. The van der Waals surface area contributed by atoms with Crippen LogP contribution in [0.15, 0.2) is 97.1 Å². The predicted octanol–water partition coefficient (Wildman–Crippen LogP) is 10.5. The van der Waals surface area contributed by atoms with Crippen molar-refractivity contribution in [3.05, 3.63) is 147 Å². The Labute approximate surface area is 281 Å². The van der Waals surface area contributed by atoms with E-state index in [1.807, 2.05) is 12.1 Å². The average Bonchev–Trinajstić information content (AvgIpc) is 3.07. The first-order chi connectivity index (χ1) is 22.6. The van der Waals surface area contributed by atoms with Crippen LogP contribution in [0.4, 0.5) is 5.69 Å². The molecule has 1 fully saturated rings. The largest absolute Gasteiger partial charge is 0.305 e. The summed E-state index contributed by atoms with van der Waals surface area (Å²) in [7, 11) is 0. The van der Waals surface area contributed by atoms with E-state index in [2.05, 4.69) is 143 Å². The molecule has 1 amide bonds. The normalized spacial score (nSPS) is 13.9. The molecule has 3 heteroatoms. The zero-order valence-electron chi connectivity index (χ0n) is 29.2. The van der Waals surface area contributed by atoms with Gasteiger partial charge in [-0.1, -0.05) is 72.3 Å². The van der Waals surface area contributed by atoms with E-state index < -0.39 is 0 Å². The number of hydrogen-bond donors (Lipinski definition) is 0. The Morgan fingerprint density at radius 2 is 1.13 bits per heavy atom. The van der Waals surface area contributed by atoms with E-state index in [-0.39, 0.29) is 11.9 Å². The molecule has 1 aliphatic rings. The van der Waals surface area contributed by atoms with Crippen LogP contribution in [-0.4, -0.2) is 29.9 Å². The fourth-order valence-corrected chi connectivity index (χ4v) is 7.02. The summed E-state index contributed by atoms with van der Waals surface area (Å²) in [5.41, 5.74) is 17.0. The fourth-order valence-electron chi connectivity index (χ4n) is 7.02. The number of likely N-dealkylation sites (tertiary alicyclic amines) is 1. The topological polar surface area (TPSA) is 23.6 Å². The van der Waals surface area contributed by atoms with Gasteiger partial charge < -0.3 is 4.90 Å². The number of rotatable bonds is 7. The van der Waals surface area contributed by atoms with Gasteiger partial charge in [0.05, 0.1) is 0 Å². The molecule has 1 aliphatic heterocycles. The van der Waals surface area contributed by atoms with Gasteiger partial charge in [-0.2, -0.15) is 0 Å². The van der Waals surface area contributed by atoms with Gasteiger partial charge >= 0.3 is 0 Å². The monoisotopic (exact) mass is 620 g/mol. The molecule has 0 atom stereocenters. The standard InChI is InChI=1S/C44H48N2O/c1-29-14-16-42(17-15-29)46(44(47)39-13-9-12-38(27-39)41-24-32(4)35(7)33(5)25-41)43-18-20-45(21-19-43)28-36-10-8-11-37(26-36)40-22-30(2)34(6)31(3)23-40/h8-17,22-27,43H,18-21,28H2,1-7H3. The van der Waals surface area contributed by atoms with Gasteiger partial charge in [0, 0.05) is 36.9 Å². The summed E-state index contributed by atoms with van der Waals surface area (Å²) in [6.07, 6.45) is 1.87. The Hall–Kier alpha value is -4.47. The van der Waals surface area contributed by atoms with Gasteiger partial charge in [0.25, 0.3) is 5.91 Å². The van der Waals surface area contributed by atoms with E-state index in [0.717, 1.165) is 54.9 Å². The van der Waals surface area contributed by atoms with Crippen molar-refractivity contribution in [2.24, 2.45) is 0 Å². The number of carbonyl (C=O) groups excluding carboxylic acids is 1. The molecule has 240 valence electrons. The average molecular weight is 621 g/mol. The molecular weight excluding hydrogens is 572 g/mol. The maximum Gasteiger partial charge on any atom is 0.258 e.